The van der Waals surface area contributed by atoms with Crippen LogP contribution in [0.2, 0.25) is 0 Å². The summed E-state index contributed by atoms with van der Waals surface area (Å²) >= 11 is 3.41. The summed E-state index contributed by atoms with van der Waals surface area (Å²) in [6, 6.07) is 8.20. The van der Waals surface area contributed by atoms with Crippen LogP contribution in [0.3, 0.4) is 0 Å². The second-order valence-electron chi connectivity index (χ2n) is 4.64. The summed E-state index contributed by atoms with van der Waals surface area (Å²) in [6.07, 6.45) is 2.30. The van der Waals surface area contributed by atoms with Crippen molar-refractivity contribution in [2.45, 2.75) is 30.7 Å². The molecule has 0 heterocycles. The van der Waals surface area contributed by atoms with Crippen LogP contribution in [0, 0.1) is 0 Å². The van der Waals surface area contributed by atoms with Gasteiger partial charge in [-0.25, -0.2) is 0 Å². The van der Waals surface area contributed by atoms with Crippen LogP contribution in [0.4, 0.5) is 0 Å². The lowest BCUT2D eigenvalue weighted by Crippen LogP contribution is -2.46. The number of rotatable bonds is 2. The maximum Gasteiger partial charge on any atom is 0.325 e. The standard InChI is InChI=1S/C13H16BrNO2.ClH.H2O/c1-17-12(16)13(15)7-6-10(8-13)9-2-4-11(14)5-3-9;;/h2-5,10H,6-8,15H2,1H3;1H;1H2/t10-,13+;;/m0../s1. The minimum Gasteiger partial charge on any atom is -0.468 e. The van der Waals surface area contributed by atoms with Gasteiger partial charge in [0.2, 0.25) is 0 Å². The molecule has 0 aromatic heterocycles. The number of benzene rings is 1. The monoisotopic (exact) mass is 351 g/mol. The highest BCUT2D eigenvalue weighted by Gasteiger charge is 2.43. The predicted molar refractivity (Wildman–Crippen MR) is 80.5 cm³/mol. The Morgan fingerprint density at radius 1 is 1.42 bits per heavy atom. The first-order valence-corrected chi connectivity index (χ1v) is 6.47. The van der Waals surface area contributed by atoms with Gasteiger partial charge in [-0.3, -0.25) is 4.79 Å². The van der Waals surface area contributed by atoms with Crippen molar-refractivity contribution in [3.8, 4) is 0 Å². The first kappa shape index (κ1) is 18.4. The van der Waals surface area contributed by atoms with E-state index in [-0.39, 0.29) is 23.9 Å². The summed E-state index contributed by atoms with van der Waals surface area (Å²) in [7, 11) is 1.39. The summed E-state index contributed by atoms with van der Waals surface area (Å²) < 4.78 is 5.83. The summed E-state index contributed by atoms with van der Waals surface area (Å²) in [5, 5.41) is 0. The van der Waals surface area contributed by atoms with Gasteiger partial charge in [0.15, 0.2) is 0 Å². The van der Waals surface area contributed by atoms with Gasteiger partial charge in [0.1, 0.15) is 5.54 Å². The Hall–Kier alpha value is -0.620. The number of halogens is 2. The van der Waals surface area contributed by atoms with Crippen LogP contribution in [-0.4, -0.2) is 24.1 Å². The van der Waals surface area contributed by atoms with Crippen LogP contribution < -0.4 is 5.73 Å². The van der Waals surface area contributed by atoms with Gasteiger partial charge in [0.05, 0.1) is 7.11 Å². The van der Waals surface area contributed by atoms with Crippen molar-refractivity contribution < 1.29 is 15.0 Å². The van der Waals surface area contributed by atoms with Gasteiger partial charge in [-0.15, -0.1) is 12.4 Å². The van der Waals surface area contributed by atoms with Gasteiger partial charge in [-0.2, -0.15) is 0 Å². The minimum absolute atomic E-state index is 0. The zero-order valence-electron chi connectivity index (χ0n) is 10.7. The maximum absolute atomic E-state index is 11.6. The molecular weight excluding hydrogens is 334 g/mol. The van der Waals surface area contributed by atoms with Crippen molar-refractivity contribution in [2.75, 3.05) is 7.11 Å². The van der Waals surface area contributed by atoms with Gasteiger partial charge in [-0.1, -0.05) is 28.1 Å². The molecule has 1 aliphatic rings. The zero-order valence-corrected chi connectivity index (χ0v) is 13.1. The molecule has 6 heteroatoms. The Balaban J connectivity index is 0.00000162. The summed E-state index contributed by atoms with van der Waals surface area (Å²) in [5.41, 5.74) is 6.53. The molecule has 1 aromatic rings. The fourth-order valence-electron chi connectivity index (χ4n) is 2.48. The lowest BCUT2D eigenvalue weighted by Gasteiger charge is -2.20. The highest BCUT2D eigenvalue weighted by molar-refractivity contribution is 9.10. The van der Waals surface area contributed by atoms with Crippen LogP contribution in [0.25, 0.3) is 0 Å². The summed E-state index contributed by atoms with van der Waals surface area (Å²) in [5.74, 6) is 0.0595. The Morgan fingerprint density at radius 3 is 2.53 bits per heavy atom. The van der Waals surface area contributed by atoms with Crippen molar-refractivity contribution in [3.05, 3.63) is 34.3 Å². The molecule has 4 N–H and O–H groups in total. The van der Waals surface area contributed by atoms with Crippen molar-refractivity contribution in [2.24, 2.45) is 5.73 Å². The zero-order chi connectivity index (χ0) is 12.5. The molecule has 0 radical (unpaired) electrons. The third-order valence-corrected chi connectivity index (χ3v) is 4.01. The van der Waals surface area contributed by atoms with E-state index >= 15 is 0 Å². The molecule has 19 heavy (non-hydrogen) atoms. The van der Waals surface area contributed by atoms with E-state index < -0.39 is 5.54 Å². The fourth-order valence-corrected chi connectivity index (χ4v) is 2.75. The van der Waals surface area contributed by atoms with E-state index in [2.05, 4.69) is 28.1 Å². The van der Waals surface area contributed by atoms with Gasteiger partial charge < -0.3 is 15.9 Å². The van der Waals surface area contributed by atoms with Gasteiger partial charge in [-0.05, 0) is 42.9 Å². The van der Waals surface area contributed by atoms with Crippen LogP contribution in [0.5, 0.6) is 0 Å². The molecule has 2 rings (SSSR count). The second kappa shape index (κ2) is 7.24. The average molecular weight is 353 g/mol. The topological polar surface area (TPSA) is 83.8 Å². The average Bonchev–Trinajstić information content (AvgIpc) is 2.73. The quantitative estimate of drug-likeness (QED) is 0.828. The molecule has 1 aliphatic carbocycles. The number of methoxy groups -OCH3 is 1. The van der Waals surface area contributed by atoms with E-state index in [1.165, 1.54) is 12.7 Å². The third-order valence-electron chi connectivity index (χ3n) is 3.48. The first-order valence-electron chi connectivity index (χ1n) is 5.68. The Kier molecular flexibility index (Phi) is 7.00. The molecule has 4 nitrogen and oxygen atoms in total. The molecular formula is C13H19BrClNO3. The minimum atomic E-state index is -0.799. The molecule has 1 fully saturated rings. The van der Waals surface area contributed by atoms with Crippen molar-refractivity contribution in [1.29, 1.82) is 0 Å². The molecule has 0 spiro atoms. The maximum atomic E-state index is 11.6. The molecule has 1 aromatic carbocycles. The van der Waals surface area contributed by atoms with E-state index in [1.54, 1.807) is 0 Å². The van der Waals surface area contributed by atoms with E-state index in [0.717, 1.165) is 10.9 Å². The van der Waals surface area contributed by atoms with Crippen molar-refractivity contribution >= 4 is 34.3 Å². The van der Waals surface area contributed by atoms with E-state index in [1.807, 2.05) is 12.1 Å². The van der Waals surface area contributed by atoms with Crippen molar-refractivity contribution in [3.63, 3.8) is 0 Å². The molecule has 0 saturated heterocycles. The highest BCUT2D eigenvalue weighted by Crippen LogP contribution is 2.40. The molecule has 0 aliphatic heterocycles. The lowest BCUT2D eigenvalue weighted by atomic mass is 9.93. The second-order valence-corrected chi connectivity index (χ2v) is 5.55. The van der Waals surface area contributed by atoms with Gasteiger partial charge in [0, 0.05) is 4.47 Å². The smallest absolute Gasteiger partial charge is 0.325 e. The lowest BCUT2D eigenvalue weighted by molar-refractivity contribution is -0.146. The number of hydrogen-bond acceptors (Lipinski definition) is 3. The molecule has 0 unspecified atom stereocenters. The Morgan fingerprint density at radius 2 is 2.00 bits per heavy atom. The van der Waals surface area contributed by atoms with Gasteiger partial charge in [0.25, 0.3) is 0 Å². The van der Waals surface area contributed by atoms with Crippen LogP contribution in [0.15, 0.2) is 28.7 Å². The molecule has 0 bridgehead atoms. The van der Waals surface area contributed by atoms with E-state index in [4.69, 9.17) is 10.5 Å². The fraction of sp³-hybridized carbons (Fsp3) is 0.462. The molecule has 2 atom stereocenters. The van der Waals surface area contributed by atoms with Crippen LogP contribution in [-0.2, 0) is 9.53 Å². The summed E-state index contributed by atoms with van der Waals surface area (Å²) in [6.45, 7) is 0. The molecule has 108 valence electrons. The molecule has 0 amide bonds. The van der Waals surface area contributed by atoms with Crippen LogP contribution >= 0.6 is 28.3 Å². The Bertz CT molecular complexity index is 426. The number of hydrogen-bond donors (Lipinski definition) is 1. The number of carbonyl (C=O) groups is 1. The highest BCUT2D eigenvalue weighted by atomic mass is 79.9. The number of ether oxygens (including phenoxy) is 1. The number of carbonyl (C=O) groups excluding carboxylic acids is 1. The van der Waals surface area contributed by atoms with Crippen molar-refractivity contribution in [1.82, 2.24) is 0 Å². The predicted octanol–water partition coefficient (Wildman–Crippen LogP) is 2.18. The largest absolute Gasteiger partial charge is 0.468 e. The number of esters is 1. The number of nitrogens with two attached hydrogens (primary N) is 1. The summed E-state index contributed by atoms with van der Waals surface area (Å²) in [4.78, 5) is 11.6. The first-order chi connectivity index (χ1) is 8.05. The van der Waals surface area contributed by atoms with E-state index in [9.17, 15) is 4.79 Å². The Labute approximate surface area is 127 Å². The normalized spacial score (nSPS) is 25.1. The molecule has 1 saturated carbocycles. The van der Waals surface area contributed by atoms with Gasteiger partial charge >= 0.3 is 5.97 Å². The SMILES string of the molecule is COC(=O)[C@@]1(N)CC[C@H](c2ccc(Br)cc2)C1.Cl.O. The van der Waals surface area contributed by atoms with E-state index in [0.29, 0.717) is 18.8 Å². The van der Waals surface area contributed by atoms with Crippen LogP contribution in [0.1, 0.15) is 30.7 Å². The third kappa shape index (κ3) is 3.92.